The average Bonchev–Trinajstić information content (AvgIpc) is 2.96. The van der Waals surface area contributed by atoms with Gasteiger partial charge in [0.1, 0.15) is 0 Å². The van der Waals surface area contributed by atoms with Gasteiger partial charge in [0.2, 0.25) is 0 Å². The van der Waals surface area contributed by atoms with Gasteiger partial charge >= 0.3 is 0 Å². The van der Waals surface area contributed by atoms with E-state index in [1.807, 2.05) is 25.3 Å². The fraction of sp³-hybridized carbons (Fsp3) is 0.333. The van der Waals surface area contributed by atoms with Gasteiger partial charge in [-0.3, -0.25) is 10.1 Å². The number of rotatable bonds is 2. The fourth-order valence-electron chi connectivity index (χ4n) is 2.22. The molecule has 24 heavy (non-hydrogen) atoms. The van der Waals surface area contributed by atoms with Gasteiger partial charge < -0.3 is 0 Å². The zero-order valence-corrected chi connectivity index (χ0v) is 15.3. The molecule has 0 saturated carbocycles. The Hall–Kier alpha value is -2.34. The molecular formula is C18H20N4OS. The molecule has 1 aromatic carbocycles. The molecule has 3 rings (SSSR count). The molecule has 0 aliphatic heterocycles. The van der Waals surface area contributed by atoms with E-state index in [1.54, 1.807) is 12.1 Å². The molecule has 3 aromatic rings. The normalized spacial score (nSPS) is 11.7. The second-order valence-corrected chi connectivity index (χ2v) is 7.70. The van der Waals surface area contributed by atoms with Crippen molar-refractivity contribution in [2.45, 2.75) is 40.0 Å². The number of fused-ring (bicyclic) bond motifs is 1. The van der Waals surface area contributed by atoms with E-state index in [4.69, 9.17) is 0 Å². The predicted molar refractivity (Wildman–Crippen MR) is 97.8 cm³/mol. The number of carbonyl (C=O) groups excluding carboxylic acids is 1. The van der Waals surface area contributed by atoms with E-state index in [0.717, 1.165) is 28.1 Å². The summed E-state index contributed by atoms with van der Waals surface area (Å²) in [5.41, 5.74) is 4.77. The monoisotopic (exact) mass is 340 g/mol. The summed E-state index contributed by atoms with van der Waals surface area (Å²) in [4.78, 5) is 26.0. The molecule has 0 atom stereocenters. The van der Waals surface area contributed by atoms with Gasteiger partial charge in [0.25, 0.3) is 5.91 Å². The molecule has 0 radical (unpaired) electrons. The summed E-state index contributed by atoms with van der Waals surface area (Å²) in [6.07, 6.45) is 0. The lowest BCUT2D eigenvalue weighted by Crippen LogP contribution is -2.14. The minimum absolute atomic E-state index is 0.0343. The Labute approximate surface area is 145 Å². The summed E-state index contributed by atoms with van der Waals surface area (Å²) < 4.78 is 0. The van der Waals surface area contributed by atoms with Crippen LogP contribution in [-0.4, -0.2) is 20.9 Å². The molecular weight excluding hydrogens is 320 g/mol. The highest BCUT2D eigenvalue weighted by Crippen LogP contribution is 2.26. The van der Waals surface area contributed by atoms with E-state index < -0.39 is 0 Å². The maximum atomic E-state index is 12.5. The SMILES string of the molecule is Cc1nc2ccc(C(=O)Nc3nc(C(C)(C)C)cs3)cc2nc1C. The number of nitrogens with one attached hydrogen (secondary N) is 1. The Morgan fingerprint density at radius 1 is 1.04 bits per heavy atom. The van der Waals surface area contributed by atoms with Crippen molar-refractivity contribution in [3.05, 3.63) is 46.2 Å². The quantitative estimate of drug-likeness (QED) is 0.757. The van der Waals surface area contributed by atoms with E-state index in [9.17, 15) is 4.79 Å². The first-order valence-corrected chi connectivity index (χ1v) is 8.64. The van der Waals surface area contributed by atoms with Crippen molar-refractivity contribution < 1.29 is 4.79 Å². The maximum absolute atomic E-state index is 12.5. The second kappa shape index (κ2) is 5.94. The largest absolute Gasteiger partial charge is 0.298 e. The number of aromatic nitrogens is 3. The fourth-order valence-corrected chi connectivity index (χ4v) is 3.15. The third kappa shape index (κ3) is 3.28. The van der Waals surface area contributed by atoms with Crippen LogP contribution in [0.1, 0.15) is 48.2 Å². The number of nitrogens with zero attached hydrogens (tertiary/aromatic N) is 3. The van der Waals surface area contributed by atoms with Crippen molar-refractivity contribution in [1.29, 1.82) is 0 Å². The number of hydrogen-bond donors (Lipinski definition) is 1. The summed E-state index contributed by atoms with van der Waals surface area (Å²) in [5, 5.41) is 5.45. The van der Waals surface area contributed by atoms with Gasteiger partial charge in [-0.15, -0.1) is 11.3 Å². The molecule has 0 spiro atoms. The average molecular weight is 340 g/mol. The molecule has 0 bridgehead atoms. The Bertz CT molecular complexity index is 924. The maximum Gasteiger partial charge on any atom is 0.257 e. The van der Waals surface area contributed by atoms with Crippen LogP contribution in [-0.2, 0) is 5.41 Å². The van der Waals surface area contributed by atoms with Gasteiger partial charge in [0.15, 0.2) is 5.13 Å². The molecule has 124 valence electrons. The molecule has 0 saturated heterocycles. The lowest BCUT2D eigenvalue weighted by molar-refractivity contribution is 0.102. The predicted octanol–water partition coefficient (Wildman–Crippen LogP) is 4.25. The number of anilines is 1. The summed E-state index contributed by atoms with van der Waals surface area (Å²) in [7, 11) is 0. The summed E-state index contributed by atoms with van der Waals surface area (Å²) in [6.45, 7) is 10.1. The van der Waals surface area contributed by atoms with Crippen LogP contribution in [0.2, 0.25) is 0 Å². The third-order valence-corrected chi connectivity index (χ3v) is 4.59. The number of hydrogen-bond acceptors (Lipinski definition) is 5. The Balaban J connectivity index is 1.86. The van der Waals surface area contributed by atoms with Crippen LogP contribution < -0.4 is 5.32 Å². The van der Waals surface area contributed by atoms with Gasteiger partial charge in [-0.2, -0.15) is 0 Å². The van der Waals surface area contributed by atoms with Crippen molar-refractivity contribution in [3.63, 3.8) is 0 Å². The van der Waals surface area contributed by atoms with Crippen molar-refractivity contribution in [2.75, 3.05) is 5.32 Å². The first-order chi connectivity index (χ1) is 11.2. The molecule has 0 unspecified atom stereocenters. The minimum Gasteiger partial charge on any atom is -0.298 e. The molecule has 2 heterocycles. The Kier molecular flexibility index (Phi) is 4.09. The second-order valence-electron chi connectivity index (χ2n) is 6.84. The van der Waals surface area contributed by atoms with Crippen LogP contribution in [0.4, 0.5) is 5.13 Å². The van der Waals surface area contributed by atoms with E-state index in [2.05, 4.69) is 41.0 Å². The highest BCUT2D eigenvalue weighted by molar-refractivity contribution is 7.14. The summed E-state index contributed by atoms with van der Waals surface area (Å²) in [6, 6.07) is 5.36. The highest BCUT2D eigenvalue weighted by atomic mass is 32.1. The van der Waals surface area contributed by atoms with Gasteiger partial charge in [-0.05, 0) is 32.0 Å². The Morgan fingerprint density at radius 3 is 2.33 bits per heavy atom. The third-order valence-electron chi connectivity index (χ3n) is 3.83. The van der Waals surface area contributed by atoms with Crippen LogP contribution in [0.5, 0.6) is 0 Å². The molecule has 2 aromatic heterocycles. The molecule has 0 aliphatic carbocycles. The standard InChI is InChI=1S/C18H20N4OS/c1-10-11(2)20-14-8-12(6-7-13(14)19-10)16(23)22-17-21-15(9-24-17)18(3,4)5/h6-9H,1-5H3,(H,21,22,23). The van der Waals surface area contributed by atoms with Gasteiger partial charge in [0.05, 0.1) is 28.1 Å². The molecule has 0 fully saturated rings. The number of benzene rings is 1. The van der Waals surface area contributed by atoms with Crippen LogP contribution in [0.15, 0.2) is 23.6 Å². The number of aryl methyl sites for hydroxylation is 2. The van der Waals surface area contributed by atoms with Crippen molar-refractivity contribution in [3.8, 4) is 0 Å². The van der Waals surface area contributed by atoms with Crippen molar-refractivity contribution in [2.24, 2.45) is 0 Å². The number of carbonyl (C=O) groups is 1. The molecule has 1 amide bonds. The lowest BCUT2D eigenvalue weighted by Gasteiger charge is -2.14. The van der Waals surface area contributed by atoms with E-state index in [0.29, 0.717) is 10.7 Å². The molecule has 0 aliphatic rings. The van der Waals surface area contributed by atoms with Crippen LogP contribution in [0, 0.1) is 13.8 Å². The zero-order chi connectivity index (χ0) is 17.5. The number of amides is 1. The van der Waals surface area contributed by atoms with E-state index in [1.165, 1.54) is 11.3 Å². The summed E-state index contributed by atoms with van der Waals surface area (Å²) >= 11 is 1.44. The van der Waals surface area contributed by atoms with Crippen LogP contribution >= 0.6 is 11.3 Å². The zero-order valence-electron chi connectivity index (χ0n) is 14.5. The summed E-state index contributed by atoms with van der Waals surface area (Å²) in [5.74, 6) is -0.188. The molecule has 1 N–H and O–H groups in total. The van der Waals surface area contributed by atoms with Crippen molar-refractivity contribution >= 4 is 33.4 Å². The number of thiazole rings is 1. The Morgan fingerprint density at radius 2 is 1.71 bits per heavy atom. The van der Waals surface area contributed by atoms with Gasteiger partial charge in [-0.25, -0.2) is 15.0 Å². The first-order valence-electron chi connectivity index (χ1n) is 7.76. The highest BCUT2D eigenvalue weighted by Gasteiger charge is 2.18. The molecule has 5 nitrogen and oxygen atoms in total. The van der Waals surface area contributed by atoms with Crippen LogP contribution in [0.25, 0.3) is 11.0 Å². The smallest absolute Gasteiger partial charge is 0.257 e. The first kappa shape index (κ1) is 16.5. The minimum atomic E-state index is -0.188. The topological polar surface area (TPSA) is 67.8 Å². The van der Waals surface area contributed by atoms with Gasteiger partial charge in [-0.1, -0.05) is 20.8 Å². The van der Waals surface area contributed by atoms with Gasteiger partial charge in [0, 0.05) is 16.4 Å². The van der Waals surface area contributed by atoms with E-state index >= 15 is 0 Å². The lowest BCUT2D eigenvalue weighted by atomic mass is 9.93. The van der Waals surface area contributed by atoms with Crippen LogP contribution in [0.3, 0.4) is 0 Å². The van der Waals surface area contributed by atoms with Crippen molar-refractivity contribution in [1.82, 2.24) is 15.0 Å². The molecule has 6 heteroatoms. The van der Waals surface area contributed by atoms with E-state index in [-0.39, 0.29) is 11.3 Å².